The van der Waals surface area contributed by atoms with E-state index in [0.29, 0.717) is 12.6 Å². The molecule has 2 nitrogen and oxygen atoms in total. The van der Waals surface area contributed by atoms with Crippen LogP contribution in [0.1, 0.15) is 36.1 Å². The standard InChI is InChI=1S/C22H25NO/c1-3-12-23-13-11-16-7-5-9-18-21(16)19(23)15-17-8-6-10-20(22(17)18)24-14-4-2/h4-10,19H,2-3,11-15H2,1H3. The lowest BCUT2D eigenvalue weighted by Crippen LogP contribution is -2.38. The van der Waals surface area contributed by atoms with Gasteiger partial charge in [0.25, 0.3) is 0 Å². The summed E-state index contributed by atoms with van der Waals surface area (Å²) in [5.74, 6) is 0.992. The highest BCUT2D eigenvalue weighted by Gasteiger charge is 2.34. The summed E-state index contributed by atoms with van der Waals surface area (Å²) in [5.41, 5.74) is 7.15. The van der Waals surface area contributed by atoms with Gasteiger partial charge in [0.15, 0.2) is 0 Å². The molecule has 4 rings (SSSR count). The minimum absolute atomic E-state index is 0.520. The lowest BCUT2D eigenvalue weighted by atomic mass is 9.77. The molecule has 1 unspecified atom stereocenters. The van der Waals surface area contributed by atoms with E-state index in [1.807, 2.05) is 6.08 Å². The molecule has 0 bridgehead atoms. The van der Waals surface area contributed by atoms with Gasteiger partial charge in [0.1, 0.15) is 12.4 Å². The lowest BCUT2D eigenvalue weighted by molar-refractivity contribution is 0.183. The van der Waals surface area contributed by atoms with Crippen molar-refractivity contribution in [3.8, 4) is 16.9 Å². The minimum Gasteiger partial charge on any atom is -0.489 e. The van der Waals surface area contributed by atoms with Crippen LogP contribution in [0.15, 0.2) is 49.1 Å². The number of nitrogens with zero attached hydrogens (tertiary/aromatic N) is 1. The molecule has 0 amide bonds. The second kappa shape index (κ2) is 6.45. The summed E-state index contributed by atoms with van der Waals surface area (Å²) in [6.07, 6.45) is 5.27. The van der Waals surface area contributed by atoms with Crippen LogP contribution in [-0.2, 0) is 12.8 Å². The predicted molar refractivity (Wildman–Crippen MR) is 99.6 cm³/mol. The maximum absolute atomic E-state index is 5.98. The normalized spacial score (nSPS) is 18.6. The van der Waals surface area contributed by atoms with E-state index in [2.05, 4.69) is 54.8 Å². The zero-order valence-electron chi connectivity index (χ0n) is 14.4. The van der Waals surface area contributed by atoms with Gasteiger partial charge in [0.05, 0.1) is 0 Å². The molecule has 1 heterocycles. The van der Waals surface area contributed by atoms with E-state index in [9.17, 15) is 0 Å². The number of fused-ring (bicyclic) bond motifs is 2. The minimum atomic E-state index is 0.520. The molecule has 0 saturated carbocycles. The number of rotatable bonds is 5. The molecule has 2 aliphatic rings. The van der Waals surface area contributed by atoms with Crippen molar-refractivity contribution in [2.75, 3.05) is 19.7 Å². The van der Waals surface area contributed by atoms with Crippen molar-refractivity contribution in [1.82, 2.24) is 4.90 Å². The van der Waals surface area contributed by atoms with Crippen LogP contribution < -0.4 is 4.74 Å². The Morgan fingerprint density at radius 1 is 1.21 bits per heavy atom. The van der Waals surface area contributed by atoms with Crippen LogP contribution in [0.5, 0.6) is 5.75 Å². The molecule has 0 saturated heterocycles. The van der Waals surface area contributed by atoms with E-state index in [0.717, 1.165) is 18.6 Å². The number of hydrogen-bond donors (Lipinski definition) is 0. The molecule has 1 aliphatic carbocycles. The summed E-state index contributed by atoms with van der Waals surface area (Å²) in [6.45, 7) is 8.97. The van der Waals surface area contributed by atoms with E-state index in [1.54, 1.807) is 5.56 Å². The van der Waals surface area contributed by atoms with Crippen molar-refractivity contribution in [3.05, 3.63) is 65.7 Å². The number of benzene rings is 2. The van der Waals surface area contributed by atoms with Gasteiger partial charge in [-0.25, -0.2) is 0 Å². The third kappa shape index (κ3) is 2.46. The number of ether oxygens (including phenoxy) is 1. The van der Waals surface area contributed by atoms with E-state index < -0.39 is 0 Å². The fourth-order valence-electron chi connectivity index (χ4n) is 4.36. The van der Waals surface area contributed by atoms with Crippen LogP contribution in [0.4, 0.5) is 0 Å². The molecule has 2 aromatic carbocycles. The Morgan fingerprint density at radius 2 is 2.04 bits per heavy atom. The zero-order chi connectivity index (χ0) is 16.5. The summed E-state index contributed by atoms with van der Waals surface area (Å²) >= 11 is 0. The second-order valence-electron chi connectivity index (χ2n) is 6.77. The van der Waals surface area contributed by atoms with E-state index in [-0.39, 0.29) is 0 Å². The lowest BCUT2D eigenvalue weighted by Gasteiger charge is -2.42. The van der Waals surface area contributed by atoms with Crippen molar-refractivity contribution in [3.63, 3.8) is 0 Å². The molecule has 1 atom stereocenters. The first kappa shape index (κ1) is 15.5. The van der Waals surface area contributed by atoms with Crippen molar-refractivity contribution in [2.24, 2.45) is 0 Å². The first-order chi connectivity index (χ1) is 11.8. The Bertz CT molecular complexity index is 765. The highest BCUT2D eigenvalue weighted by Crippen LogP contribution is 2.48. The van der Waals surface area contributed by atoms with E-state index in [4.69, 9.17) is 4.74 Å². The highest BCUT2D eigenvalue weighted by molar-refractivity contribution is 5.80. The topological polar surface area (TPSA) is 12.5 Å². The monoisotopic (exact) mass is 319 g/mol. The molecule has 0 radical (unpaired) electrons. The summed E-state index contributed by atoms with van der Waals surface area (Å²) in [6, 6.07) is 13.8. The first-order valence-electron chi connectivity index (χ1n) is 9.05. The molecular formula is C22H25NO. The molecule has 2 heteroatoms. The fourth-order valence-corrected chi connectivity index (χ4v) is 4.36. The van der Waals surface area contributed by atoms with Gasteiger partial charge in [-0.1, -0.05) is 49.9 Å². The zero-order valence-corrected chi connectivity index (χ0v) is 14.4. The smallest absolute Gasteiger partial charge is 0.127 e. The molecule has 124 valence electrons. The molecule has 0 N–H and O–H groups in total. The molecule has 2 aromatic rings. The maximum atomic E-state index is 5.98. The molecule has 0 spiro atoms. The van der Waals surface area contributed by atoms with Gasteiger partial charge in [0.2, 0.25) is 0 Å². The quantitative estimate of drug-likeness (QED) is 0.735. The second-order valence-corrected chi connectivity index (χ2v) is 6.77. The Balaban J connectivity index is 1.86. The summed E-state index contributed by atoms with van der Waals surface area (Å²) in [4.78, 5) is 2.67. The summed E-state index contributed by atoms with van der Waals surface area (Å²) in [7, 11) is 0. The van der Waals surface area contributed by atoms with Crippen LogP contribution in [0.2, 0.25) is 0 Å². The van der Waals surface area contributed by atoms with Crippen LogP contribution in [0.25, 0.3) is 11.1 Å². The van der Waals surface area contributed by atoms with Crippen molar-refractivity contribution in [2.45, 2.75) is 32.2 Å². The molecular weight excluding hydrogens is 294 g/mol. The SMILES string of the molecule is C=CCOc1cccc2c1-c1cccc3c1C(C2)N(CCC)CC3. The van der Waals surface area contributed by atoms with Gasteiger partial charge in [-0.05, 0) is 54.1 Å². The Kier molecular flexibility index (Phi) is 4.15. The Hall–Kier alpha value is -2.06. The van der Waals surface area contributed by atoms with Crippen molar-refractivity contribution >= 4 is 0 Å². The largest absolute Gasteiger partial charge is 0.489 e. The summed E-state index contributed by atoms with van der Waals surface area (Å²) < 4.78 is 5.98. The first-order valence-corrected chi connectivity index (χ1v) is 9.05. The third-order valence-electron chi connectivity index (χ3n) is 5.30. The van der Waals surface area contributed by atoms with Crippen LogP contribution in [0, 0.1) is 0 Å². The third-order valence-corrected chi connectivity index (χ3v) is 5.30. The van der Waals surface area contributed by atoms with E-state index in [1.165, 1.54) is 41.8 Å². The van der Waals surface area contributed by atoms with Crippen LogP contribution in [0.3, 0.4) is 0 Å². The molecule has 24 heavy (non-hydrogen) atoms. The molecule has 1 aliphatic heterocycles. The Morgan fingerprint density at radius 3 is 2.88 bits per heavy atom. The van der Waals surface area contributed by atoms with Crippen LogP contribution >= 0.6 is 0 Å². The average Bonchev–Trinajstić information content (AvgIpc) is 2.62. The average molecular weight is 319 g/mol. The fraction of sp³-hybridized carbons (Fsp3) is 0.364. The van der Waals surface area contributed by atoms with Gasteiger partial charge in [-0.2, -0.15) is 0 Å². The number of hydrogen-bond acceptors (Lipinski definition) is 2. The van der Waals surface area contributed by atoms with Gasteiger partial charge in [0, 0.05) is 18.2 Å². The van der Waals surface area contributed by atoms with Crippen LogP contribution in [-0.4, -0.2) is 24.6 Å². The van der Waals surface area contributed by atoms with Gasteiger partial charge < -0.3 is 4.74 Å². The molecule has 0 fully saturated rings. The van der Waals surface area contributed by atoms with E-state index >= 15 is 0 Å². The molecule has 0 aromatic heterocycles. The predicted octanol–water partition coefficient (Wildman–Crippen LogP) is 4.78. The van der Waals surface area contributed by atoms with Gasteiger partial charge >= 0.3 is 0 Å². The van der Waals surface area contributed by atoms with Crippen molar-refractivity contribution < 1.29 is 4.74 Å². The summed E-state index contributed by atoms with van der Waals surface area (Å²) in [5, 5.41) is 0. The van der Waals surface area contributed by atoms with Gasteiger partial charge in [-0.15, -0.1) is 0 Å². The van der Waals surface area contributed by atoms with Gasteiger partial charge in [-0.3, -0.25) is 4.90 Å². The maximum Gasteiger partial charge on any atom is 0.127 e. The van der Waals surface area contributed by atoms with Crippen molar-refractivity contribution in [1.29, 1.82) is 0 Å². The Labute approximate surface area is 144 Å². The highest BCUT2D eigenvalue weighted by atomic mass is 16.5.